The molecule has 2 aliphatic heterocycles. The molecule has 0 saturated carbocycles. The van der Waals surface area contributed by atoms with Crippen molar-refractivity contribution in [3.63, 3.8) is 0 Å². The minimum atomic E-state index is -1.30. The van der Waals surface area contributed by atoms with Gasteiger partial charge in [0.05, 0.1) is 35.9 Å². The number of methoxy groups -OCH3 is 1. The molecule has 1 atom stereocenters. The van der Waals surface area contributed by atoms with Gasteiger partial charge in [0.2, 0.25) is 11.8 Å². The maximum absolute atomic E-state index is 12.5. The molecule has 1 N–H and O–H groups in total. The third kappa shape index (κ3) is 4.82. The Morgan fingerprint density at radius 2 is 1.97 bits per heavy atom. The van der Waals surface area contributed by atoms with Crippen LogP contribution in [-0.4, -0.2) is 63.9 Å². The lowest BCUT2D eigenvalue weighted by atomic mass is 9.73. The summed E-state index contributed by atoms with van der Waals surface area (Å²) in [5, 5.41) is 13.9. The van der Waals surface area contributed by atoms with E-state index in [0.29, 0.717) is 48.4 Å². The van der Waals surface area contributed by atoms with Crippen LogP contribution in [0.2, 0.25) is 5.02 Å². The molecule has 2 fully saturated rings. The number of benzene rings is 1. The number of fused-ring (bicyclic) bond motifs is 1. The van der Waals surface area contributed by atoms with E-state index in [9.17, 15) is 9.90 Å². The van der Waals surface area contributed by atoms with Crippen LogP contribution in [0.3, 0.4) is 0 Å². The van der Waals surface area contributed by atoms with Gasteiger partial charge in [-0.15, -0.1) is 0 Å². The van der Waals surface area contributed by atoms with Gasteiger partial charge in [0.25, 0.3) is 0 Å². The van der Waals surface area contributed by atoms with Crippen molar-refractivity contribution in [1.29, 1.82) is 0 Å². The van der Waals surface area contributed by atoms with Crippen LogP contribution < -0.4 is 4.74 Å². The predicted octanol–water partition coefficient (Wildman–Crippen LogP) is 4.09. The molecule has 2 aromatic heterocycles. The molecule has 198 valence electrons. The number of halogens is 1. The topological polar surface area (TPSA) is 89.7 Å². The van der Waals surface area contributed by atoms with Crippen molar-refractivity contribution in [3.8, 4) is 5.88 Å². The molecule has 0 spiro atoms. The van der Waals surface area contributed by atoms with Crippen LogP contribution in [-0.2, 0) is 28.6 Å². The summed E-state index contributed by atoms with van der Waals surface area (Å²) in [6.45, 7) is 4.34. The number of carbonyl (C=O) groups excluding carboxylic acids is 1. The molecular weight excluding hydrogens is 492 g/mol. The average Bonchev–Trinajstić information content (AvgIpc) is 3.36. The number of aromatic nitrogens is 3. The van der Waals surface area contributed by atoms with E-state index in [-0.39, 0.29) is 11.8 Å². The molecule has 0 aliphatic carbocycles. The van der Waals surface area contributed by atoms with Crippen molar-refractivity contribution in [2.75, 3.05) is 33.4 Å². The van der Waals surface area contributed by atoms with Crippen LogP contribution in [0, 0.1) is 11.8 Å². The molecular formula is C28H35ClN4O4. The Morgan fingerprint density at radius 1 is 1.24 bits per heavy atom. The number of nitrogens with zero attached hydrogens (tertiary/aromatic N) is 4. The van der Waals surface area contributed by atoms with E-state index in [0.717, 1.165) is 54.5 Å². The molecule has 2 saturated heterocycles. The Hall–Kier alpha value is -2.68. The van der Waals surface area contributed by atoms with Gasteiger partial charge in [0.1, 0.15) is 5.60 Å². The van der Waals surface area contributed by atoms with E-state index in [1.54, 1.807) is 26.6 Å². The molecule has 5 rings (SSSR count). The second-order valence-corrected chi connectivity index (χ2v) is 10.7. The first-order valence-electron chi connectivity index (χ1n) is 13.0. The fourth-order valence-electron chi connectivity index (χ4n) is 5.99. The highest BCUT2D eigenvalue weighted by atomic mass is 35.5. The van der Waals surface area contributed by atoms with E-state index in [1.807, 2.05) is 34.7 Å². The number of hydrogen-bond donors (Lipinski definition) is 1. The Bertz CT molecular complexity index is 1280. The maximum Gasteiger partial charge on any atom is 0.219 e. The van der Waals surface area contributed by atoms with Gasteiger partial charge < -0.3 is 24.0 Å². The first-order chi connectivity index (χ1) is 17.8. The highest BCUT2D eigenvalue weighted by molar-refractivity contribution is 6.36. The Balaban J connectivity index is 1.59. The van der Waals surface area contributed by atoms with Crippen LogP contribution in [0.1, 0.15) is 49.4 Å². The zero-order valence-corrected chi connectivity index (χ0v) is 22.5. The molecule has 0 bridgehead atoms. The first kappa shape index (κ1) is 25.9. The third-order valence-corrected chi connectivity index (χ3v) is 8.62. The quantitative estimate of drug-likeness (QED) is 0.520. The third-order valence-electron chi connectivity index (χ3n) is 8.18. The highest BCUT2D eigenvalue weighted by Gasteiger charge is 2.44. The van der Waals surface area contributed by atoms with Gasteiger partial charge in [0, 0.05) is 57.1 Å². The first-order valence-corrected chi connectivity index (χ1v) is 13.4. The normalized spacial score (nSPS) is 19.2. The summed E-state index contributed by atoms with van der Waals surface area (Å²) in [4.78, 5) is 22.9. The van der Waals surface area contributed by atoms with Gasteiger partial charge >= 0.3 is 0 Å². The summed E-state index contributed by atoms with van der Waals surface area (Å²) in [7, 11) is 3.52. The fourth-order valence-corrected chi connectivity index (χ4v) is 6.30. The zero-order valence-electron chi connectivity index (χ0n) is 21.7. The summed E-state index contributed by atoms with van der Waals surface area (Å²) in [5.74, 6) is 0.982. The molecule has 0 radical (unpaired) electrons. The van der Waals surface area contributed by atoms with Crippen LogP contribution in [0.15, 0.2) is 30.7 Å². The number of rotatable bonds is 6. The second-order valence-electron chi connectivity index (χ2n) is 10.3. The number of piperidine rings is 1. The minimum Gasteiger partial charge on any atom is -0.481 e. The van der Waals surface area contributed by atoms with E-state index < -0.39 is 5.60 Å². The summed E-state index contributed by atoms with van der Waals surface area (Å²) in [6, 6.07) is 5.80. The Kier molecular flexibility index (Phi) is 7.43. The lowest BCUT2D eigenvalue weighted by Crippen LogP contribution is -2.46. The molecule has 4 heterocycles. The van der Waals surface area contributed by atoms with Crippen molar-refractivity contribution >= 4 is 28.4 Å². The molecule has 2 aliphatic rings. The number of likely N-dealkylation sites (tertiary alicyclic amines) is 1. The van der Waals surface area contributed by atoms with Crippen LogP contribution in [0.25, 0.3) is 10.9 Å². The number of carbonyl (C=O) groups is 1. The van der Waals surface area contributed by atoms with Crippen LogP contribution >= 0.6 is 11.6 Å². The number of aliphatic hydroxyl groups is 1. The lowest BCUT2D eigenvalue weighted by Gasteiger charge is -2.42. The fraction of sp³-hybridized carbons (Fsp3) is 0.536. The predicted molar refractivity (Wildman–Crippen MR) is 142 cm³/mol. The zero-order chi connectivity index (χ0) is 26.2. The largest absolute Gasteiger partial charge is 0.481 e. The van der Waals surface area contributed by atoms with Crippen molar-refractivity contribution in [3.05, 3.63) is 52.6 Å². The van der Waals surface area contributed by atoms with Gasteiger partial charge in [-0.25, -0.2) is 9.97 Å². The molecule has 1 unspecified atom stereocenters. The summed E-state index contributed by atoms with van der Waals surface area (Å²) in [5.41, 5.74) is 1.79. The van der Waals surface area contributed by atoms with E-state index in [2.05, 4.69) is 4.98 Å². The van der Waals surface area contributed by atoms with Gasteiger partial charge in [-0.2, -0.15) is 0 Å². The summed E-state index contributed by atoms with van der Waals surface area (Å²) >= 11 is 7.07. The number of ether oxygens (including phenoxy) is 2. The van der Waals surface area contributed by atoms with E-state index in [4.69, 9.17) is 26.1 Å². The van der Waals surface area contributed by atoms with E-state index in [1.165, 1.54) is 0 Å². The molecule has 37 heavy (non-hydrogen) atoms. The molecule has 8 nitrogen and oxygen atoms in total. The summed E-state index contributed by atoms with van der Waals surface area (Å²) in [6.07, 6.45) is 7.54. The SMILES string of the molecule is COc1nc2ccc(C(O)(c3cncn3C)C3CCN(C(C)=O)CC3)cc2c(Cl)c1CC1CCOCC1. The van der Waals surface area contributed by atoms with Crippen molar-refractivity contribution < 1.29 is 19.4 Å². The van der Waals surface area contributed by atoms with Gasteiger partial charge in [0.15, 0.2) is 0 Å². The number of hydrogen-bond acceptors (Lipinski definition) is 6. The number of amides is 1. The van der Waals surface area contributed by atoms with E-state index >= 15 is 0 Å². The average molecular weight is 527 g/mol. The van der Waals surface area contributed by atoms with Crippen molar-refractivity contribution in [2.24, 2.45) is 18.9 Å². The van der Waals surface area contributed by atoms with Gasteiger partial charge in [-0.1, -0.05) is 17.7 Å². The standard InChI is InChI=1S/C28H35ClN4O4/c1-18(34)33-10-6-20(7-11-33)28(35,25-16-30-17-32(25)2)21-4-5-24-22(15-21)26(29)23(27(31-24)36-3)14-19-8-12-37-13-9-19/h4-5,15-17,19-20,35H,6-14H2,1-3H3. The van der Waals surface area contributed by atoms with Gasteiger partial charge in [-0.05, 0) is 55.7 Å². The minimum absolute atomic E-state index is 0.0667. The smallest absolute Gasteiger partial charge is 0.219 e. The highest BCUT2D eigenvalue weighted by Crippen LogP contribution is 2.44. The Labute approximate surface area is 222 Å². The number of imidazole rings is 1. The number of aryl methyl sites for hydroxylation is 1. The van der Waals surface area contributed by atoms with Gasteiger partial charge in [-0.3, -0.25) is 4.79 Å². The number of pyridine rings is 1. The lowest BCUT2D eigenvalue weighted by molar-refractivity contribution is -0.131. The molecule has 1 aromatic carbocycles. The molecule has 3 aromatic rings. The van der Waals surface area contributed by atoms with Crippen molar-refractivity contribution in [1.82, 2.24) is 19.4 Å². The summed E-state index contributed by atoms with van der Waals surface area (Å²) < 4.78 is 13.1. The maximum atomic E-state index is 12.5. The van der Waals surface area contributed by atoms with Crippen LogP contribution in [0.5, 0.6) is 5.88 Å². The van der Waals surface area contributed by atoms with Crippen LogP contribution in [0.4, 0.5) is 0 Å². The second kappa shape index (κ2) is 10.6. The monoisotopic (exact) mass is 526 g/mol. The molecule has 1 amide bonds. The van der Waals surface area contributed by atoms with Crippen molar-refractivity contribution in [2.45, 2.75) is 44.6 Å². The Morgan fingerprint density at radius 3 is 2.59 bits per heavy atom. The molecule has 9 heteroatoms.